The predicted octanol–water partition coefficient (Wildman–Crippen LogP) is 3.59. The fourth-order valence-electron chi connectivity index (χ4n) is 3.81. The van der Waals surface area contributed by atoms with E-state index >= 15 is 0 Å². The molecule has 260 valence electrons. The highest BCUT2D eigenvalue weighted by Crippen LogP contribution is 2.13. The number of nitrogens with zero attached hydrogens (tertiary/aromatic N) is 2. The van der Waals surface area contributed by atoms with Crippen LogP contribution in [-0.2, 0) is 19.1 Å². The second kappa shape index (κ2) is 19.4. The zero-order valence-electron chi connectivity index (χ0n) is 28.1. The second-order valence-electron chi connectivity index (χ2n) is 12.6. The predicted molar refractivity (Wildman–Crippen MR) is 172 cm³/mol. The first-order valence-corrected chi connectivity index (χ1v) is 15.4. The Hall–Kier alpha value is -4.18. The summed E-state index contributed by atoms with van der Waals surface area (Å²) in [5.41, 5.74) is -1.30. The van der Waals surface area contributed by atoms with Gasteiger partial charge in [0, 0.05) is 12.1 Å². The lowest BCUT2D eigenvalue weighted by Crippen LogP contribution is -2.50. The van der Waals surface area contributed by atoms with Crippen molar-refractivity contribution in [3.63, 3.8) is 0 Å². The first-order chi connectivity index (χ1) is 21.5. The molecule has 46 heavy (non-hydrogen) atoms. The molecule has 0 unspecified atom stereocenters. The van der Waals surface area contributed by atoms with Gasteiger partial charge in [0.1, 0.15) is 22.8 Å². The van der Waals surface area contributed by atoms with Crippen molar-refractivity contribution in [3.05, 3.63) is 24.5 Å². The molecule has 0 aliphatic carbocycles. The quantitative estimate of drug-likeness (QED) is 0.148. The zero-order valence-corrected chi connectivity index (χ0v) is 28.1. The van der Waals surface area contributed by atoms with Crippen LogP contribution >= 0.6 is 0 Å². The van der Waals surface area contributed by atoms with E-state index in [1.165, 1.54) is 12.4 Å². The molecule has 0 aliphatic rings. The monoisotopic (exact) mass is 652 g/mol. The first kappa shape index (κ1) is 39.8. The molecule has 0 fully saturated rings. The highest BCUT2D eigenvalue weighted by atomic mass is 16.6. The van der Waals surface area contributed by atoms with Crippen molar-refractivity contribution in [2.45, 2.75) is 129 Å². The van der Waals surface area contributed by atoms with Gasteiger partial charge in [0.15, 0.2) is 12.2 Å². The van der Waals surface area contributed by atoms with Gasteiger partial charge < -0.3 is 41.0 Å². The van der Waals surface area contributed by atoms with E-state index in [4.69, 9.17) is 9.47 Å². The average Bonchev–Trinajstić information content (AvgIpc) is 3.65. The molecule has 0 bridgehead atoms. The van der Waals surface area contributed by atoms with Crippen molar-refractivity contribution in [1.82, 2.24) is 31.0 Å². The molecular weight excluding hydrogens is 600 g/mol. The van der Waals surface area contributed by atoms with Crippen LogP contribution in [0.25, 0.3) is 0 Å². The lowest BCUT2D eigenvalue weighted by molar-refractivity contribution is -0.126. The molecule has 8 N–H and O–H groups in total. The number of anilines is 2. The van der Waals surface area contributed by atoms with Crippen LogP contribution in [0.4, 0.5) is 21.2 Å². The van der Waals surface area contributed by atoms with Crippen LogP contribution in [0.3, 0.4) is 0 Å². The topological polar surface area (TPSA) is 233 Å². The molecule has 0 spiro atoms. The fourth-order valence-corrected chi connectivity index (χ4v) is 3.81. The van der Waals surface area contributed by atoms with Crippen LogP contribution < -0.4 is 21.3 Å². The Kier molecular flexibility index (Phi) is 16.8. The smallest absolute Gasteiger partial charge is 0.407 e. The number of alkyl carbamates (subject to hydrolysis) is 2. The van der Waals surface area contributed by atoms with Gasteiger partial charge in [-0.2, -0.15) is 10.2 Å². The van der Waals surface area contributed by atoms with E-state index in [-0.39, 0.29) is 0 Å². The SMILES string of the molecule is CCCC[C@H](NC(=O)OC(C)(C)C)[C@@H](O)C(=O)Nc1ccn[nH]1.CCCC[C@H](NC(=O)OC(C)(C)C)[C@H](O)C(=O)Nc1ccn[nH]1. The summed E-state index contributed by atoms with van der Waals surface area (Å²) in [5, 5.41) is 43.2. The van der Waals surface area contributed by atoms with Crippen LogP contribution in [0.2, 0.25) is 0 Å². The van der Waals surface area contributed by atoms with E-state index in [0.29, 0.717) is 24.5 Å². The highest BCUT2D eigenvalue weighted by Gasteiger charge is 2.30. The maximum absolute atomic E-state index is 12.1. The standard InChI is InChI=1S/2C15H26N4O4/c2*1-5-6-7-10(17-14(22)23-15(2,3)4)12(20)13(21)18-11-8-9-16-19-11/h2*8-10,12,20H,5-7H2,1-4H3,(H,17,22)(H2,16,18,19,21)/t10-,12+;10-,12-/m00/s1. The Morgan fingerprint density at radius 2 is 1.07 bits per heavy atom. The molecule has 2 rings (SSSR count). The van der Waals surface area contributed by atoms with Gasteiger partial charge >= 0.3 is 12.2 Å². The third-order valence-corrected chi connectivity index (χ3v) is 5.96. The molecule has 4 atom stereocenters. The number of unbranched alkanes of at least 4 members (excludes halogenated alkanes) is 2. The van der Waals surface area contributed by atoms with Gasteiger partial charge in [0.2, 0.25) is 0 Å². The molecule has 0 saturated heterocycles. The molecule has 0 saturated carbocycles. The van der Waals surface area contributed by atoms with Crippen LogP contribution in [-0.4, -0.2) is 90.1 Å². The normalized spacial score (nSPS) is 14.0. The Morgan fingerprint density at radius 3 is 1.33 bits per heavy atom. The van der Waals surface area contributed by atoms with Crippen molar-refractivity contribution in [2.24, 2.45) is 0 Å². The molecule has 0 aromatic carbocycles. The number of amides is 4. The largest absolute Gasteiger partial charge is 0.444 e. The molecule has 16 nitrogen and oxygen atoms in total. The molecule has 16 heteroatoms. The van der Waals surface area contributed by atoms with Crippen molar-refractivity contribution < 1.29 is 38.9 Å². The van der Waals surface area contributed by atoms with E-state index in [2.05, 4.69) is 41.7 Å². The van der Waals surface area contributed by atoms with E-state index in [0.717, 1.165) is 25.7 Å². The lowest BCUT2D eigenvalue weighted by atomic mass is 10.0. The Morgan fingerprint density at radius 1 is 0.717 bits per heavy atom. The summed E-state index contributed by atoms with van der Waals surface area (Å²) in [6.45, 7) is 14.4. The van der Waals surface area contributed by atoms with Gasteiger partial charge in [-0.3, -0.25) is 19.8 Å². The number of hydrogen-bond acceptors (Lipinski definition) is 10. The maximum Gasteiger partial charge on any atom is 0.407 e. The van der Waals surface area contributed by atoms with Crippen LogP contribution in [0.15, 0.2) is 24.5 Å². The number of carbonyl (C=O) groups excluding carboxylic acids is 4. The minimum Gasteiger partial charge on any atom is -0.444 e. The minimum atomic E-state index is -1.39. The van der Waals surface area contributed by atoms with Gasteiger partial charge in [-0.25, -0.2) is 9.59 Å². The van der Waals surface area contributed by atoms with Gasteiger partial charge in [-0.15, -0.1) is 0 Å². The number of aromatic nitrogens is 4. The summed E-state index contributed by atoms with van der Waals surface area (Å²) >= 11 is 0. The first-order valence-electron chi connectivity index (χ1n) is 15.4. The van der Waals surface area contributed by atoms with E-state index in [1.807, 2.05) is 13.8 Å². The van der Waals surface area contributed by atoms with Crippen molar-refractivity contribution in [1.29, 1.82) is 0 Å². The number of nitrogens with one attached hydrogen (secondary N) is 6. The summed E-state index contributed by atoms with van der Waals surface area (Å²) in [6.07, 6.45) is 3.06. The van der Waals surface area contributed by atoms with Crippen molar-refractivity contribution in [3.8, 4) is 0 Å². The summed E-state index contributed by atoms with van der Waals surface area (Å²) in [4.78, 5) is 47.9. The number of hydrogen-bond donors (Lipinski definition) is 8. The van der Waals surface area contributed by atoms with E-state index in [1.54, 1.807) is 53.7 Å². The number of H-pyrrole nitrogens is 2. The van der Waals surface area contributed by atoms with Crippen LogP contribution in [0, 0.1) is 0 Å². The number of ether oxygens (including phenoxy) is 2. The number of aliphatic hydroxyl groups is 2. The van der Waals surface area contributed by atoms with Crippen molar-refractivity contribution >= 4 is 35.6 Å². The third-order valence-electron chi connectivity index (χ3n) is 5.96. The minimum absolute atomic E-state index is 0.376. The summed E-state index contributed by atoms with van der Waals surface area (Å²) in [6, 6.07) is 1.67. The third kappa shape index (κ3) is 16.8. The zero-order chi connectivity index (χ0) is 34.9. The second-order valence-corrected chi connectivity index (χ2v) is 12.6. The van der Waals surface area contributed by atoms with Gasteiger partial charge in [-0.05, 0) is 54.4 Å². The number of carbonyl (C=O) groups is 4. The number of aromatic amines is 2. The molecule has 0 radical (unpaired) electrons. The van der Waals surface area contributed by atoms with Crippen LogP contribution in [0.5, 0.6) is 0 Å². The Labute approximate surface area is 270 Å². The molecule has 4 amide bonds. The molecule has 2 aromatic rings. The summed E-state index contributed by atoms with van der Waals surface area (Å²) in [7, 11) is 0. The van der Waals surface area contributed by atoms with Crippen molar-refractivity contribution in [2.75, 3.05) is 10.6 Å². The van der Waals surface area contributed by atoms with E-state index in [9.17, 15) is 29.4 Å². The average molecular weight is 653 g/mol. The maximum atomic E-state index is 12.1. The lowest BCUT2D eigenvalue weighted by Gasteiger charge is -2.26. The summed E-state index contributed by atoms with van der Waals surface area (Å²) in [5.74, 6) is -0.487. The highest BCUT2D eigenvalue weighted by molar-refractivity contribution is 5.94. The van der Waals surface area contributed by atoms with E-state index < -0.39 is 59.5 Å². The van der Waals surface area contributed by atoms with Crippen LogP contribution in [0.1, 0.15) is 93.9 Å². The van der Waals surface area contributed by atoms with Gasteiger partial charge in [-0.1, -0.05) is 39.5 Å². The Balaban J connectivity index is 0.000000460. The summed E-state index contributed by atoms with van der Waals surface area (Å²) < 4.78 is 10.3. The molecule has 2 heterocycles. The number of rotatable bonds is 14. The van der Waals surface area contributed by atoms with Gasteiger partial charge in [0.05, 0.1) is 24.5 Å². The Bertz CT molecular complexity index is 1080. The fraction of sp³-hybridized carbons (Fsp3) is 0.667. The molecule has 2 aromatic heterocycles. The number of aliphatic hydroxyl groups excluding tert-OH is 2. The van der Waals surface area contributed by atoms with Gasteiger partial charge in [0.25, 0.3) is 11.8 Å². The molecule has 0 aliphatic heterocycles. The molecular formula is C30H52N8O8.